The molecule has 2 heterocycles. The summed E-state index contributed by atoms with van der Waals surface area (Å²) in [4.78, 5) is 15.4. The molecule has 1 amide bonds. The van der Waals surface area contributed by atoms with E-state index >= 15 is 0 Å². The Kier molecular flexibility index (Phi) is 5.17. The Bertz CT molecular complexity index is 891. The largest absolute Gasteiger partial charge is 0.468 e. The van der Waals surface area contributed by atoms with Gasteiger partial charge in [0.1, 0.15) is 5.76 Å². The molecule has 1 aromatic carbocycles. The maximum absolute atomic E-state index is 12.7. The molecule has 1 aromatic heterocycles. The van der Waals surface area contributed by atoms with Gasteiger partial charge in [-0.15, -0.1) is 0 Å². The highest BCUT2D eigenvalue weighted by Crippen LogP contribution is 2.29. The van der Waals surface area contributed by atoms with Gasteiger partial charge in [-0.05, 0) is 56.4 Å². The fourth-order valence-corrected chi connectivity index (χ4v) is 4.18. The first-order chi connectivity index (χ1) is 12.3. The van der Waals surface area contributed by atoms with E-state index in [9.17, 15) is 13.2 Å². The Morgan fingerprint density at radius 3 is 2.69 bits per heavy atom. The number of hydrogen-bond donors (Lipinski definition) is 1. The van der Waals surface area contributed by atoms with Crippen LogP contribution >= 0.6 is 0 Å². The van der Waals surface area contributed by atoms with Gasteiger partial charge in [-0.3, -0.25) is 9.69 Å². The van der Waals surface area contributed by atoms with E-state index < -0.39 is 10.0 Å². The molecule has 1 N–H and O–H groups in total. The number of carbonyl (C=O) groups is 1. The van der Waals surface area contributed by atoms with Crippen LogP contribution in [0.2, 0.25) is 0 Å². The first-order valence-corrected chi connectivity index (χ1v) is 9.87. The van der Waals surface area contributed by atoms with Gasteiger partial charge in [0.25, 0.3) is 0 Å². The van der Waals surface area contributed by atoms with Crippen LogP contribution in [0.25, 0.3) is 0 Å². The lowest BCUT2D eigenvalue weighted by atomic mass is 10.0. The Balaban J connectivity index is 1.79. The first kappa shape index (κ1) is 18.6. The Hall–Kier alpha value is -2.16. The quantitative estimate of drug-likeness (QED) is 0.830. The van der Waals surface area contributed by atoms with Crippen molar-refractivity contribution in [2.24, 2.45) is 0 Å². The fourth-order valence-electron chi connectivity index (χ4n) is 3.09. The Morgan fingerprint density at radius 1 is 1.27 bits per heavy atom. The first-order valence-electron chi connectivity index (χ1n) is 8.38. The third kappa shape index (κ3) is 3.67. The normalized spacial score (nSPS) is 16.0. The summed E-state index contributed by atoms with van der Waals surface area (Å²) >= 11 is 0. The third-order valence-corrected chi connectivity index (χ3v) is 6.09. The number of fused-ring (bicyclic) bond motifs is 1. The van der Waals surface area contributed by atoms with Crippen LogP contribution in [0, 0.1) is 0 Å². The van der Waals surface area contributed by atoms with E-state index in [1.807, 2.05) is 25.1 Å². The average Bonchev–Trinajstić information content (AvgIpc) is 3.12. The maximum atomic E-state index is 12.7. The molecule has 3 rings (SSSR count). The predicted molar refractivity (Wildman–Crippen MR) is 98.5 cm³/mol. The van der Waals surface area contributed by atoms with Crippen LogP contribution in [0.1, 0.15) is 23.8 Å². The molecule has 8 heteroatoms. The van der Waals surface area contributed by atoms with Gasteiger partial charge in [0, 0.05) is 25.7 Å². The number of nitrogens with one attached hydrogen (secondary N) is 1. The van der Waals surface area contributed by atoms with Gasteiger partial charge in [0.2, 0.25) is 15.9 Å². The molecule has 0 aliphatic carbocycles. The summed E-state index contributed by atoms with van der Waals surface area (Å²) in [6.07, 6.45) is 2.51. The lowest BCUT2D eigenvalue weighted by Gasteiger charge is -2.26. The predicted octanol–water partition coefficient (Wildman–Crippen LogP) is 1.77. The standard InChI is InChI=1S/C18H23N3O4S/c1-20(2)16(17-5-4-10-25-17)12-19-26(23,24)14-7-8-15-13(11-14)6-9-18(22)21(15)3/h4-5,7-8,10-11,16,19H,6,9,12H2,1-3H3. The molecule has 2 aromatic rings. The number of amides is 1. The van der Waals surface area contributed by atoms with Gasteiger partial charge < -0.3 is 9.32 Å². The number of hydrogen-bond acceptors (Lipinski definition) is 5. The molecule has 1 atom stereocenters. The molecule has 1 aliphatic rings. The van der Waals surface area contributed by atoms with Gasteiger partial charge in [0.15, 0.2) is 0 Å². The number of anilines is 1. The van der Waals surface area contributed by atoms with E-state index in [1.165, 1.54) is 6.07 Å². The smallest absolute Gasteiger partial charge is 0.240 e. The number of likely N-dealkylation sites (N-methyl/N-ethyl adjacent to an activating group) is 1. The van der Waals surface area contributed by atoms with Crippen LogP contribution < -0.4 is 9.62 Å². The molecule has 0 spiro atoms. The minimum absolute atomic E-state index is 0.0403. The summed E-state index contributed by atoms with van der Waals surface area (Å²) in [5.41, 5.74) is 1.63. The number of rotatable bonds is 6. The molecule has 1 unspecified atom stereocenters. The summed E-state index contributed by atoms with van der Waals surface area (Å²) in [5, 5.41) is 0. The zero-order valence-corrected chi connectivity index (χ0v) is 15.9. The molecule has 0 saturated heterocycles. The summed E-state index contributed by atoms with van der Waals surface area (Å²) in [6.45, 7) is 0.193. The number of furan rings is 1. The Morgan fingerprint density at radius 2 is 2.04 bits per heavy atom. The van der Waals surface area contributed by atoms with Crippen molar-refractivity contribution in [3.05, 3.63) is 47.9 Å². The summed E-state index contributed by atoms with van der Waals surface area (Å²) < 4.78 is 33.5. The minimum atomic E-state index is -3.67. The van der Waals surface area contributed by atoms with Crippen molar-refractivity contribution in [1.82, 2.24) is 9.62 Å². The third-order valence-electron chi connectivity index (χ3n) is 4.67. The number of aryl methyl sites for hydroxylation is 1. The number of sulfonamides is 1. The lowest BCUT2D eigenvalue weighted by Crippen LogP contribution is -2.35. The van der Waals surface area contributed by atoms with E-state index in [-0.39, 0.29) is 23.4 Å². The highest BCUT2D eigenvalue weighted by atomic mass is 32.2. The molecular formula is C18H23N3O4S. The van der Waals surface area contributed by atoms with Crippen molar-refractivity contribution < 1.29 is 17.6 Å². The van der Waals surface area contributed by atoms with E-state index in [4.69, 9.17) is 4.42 Å². The highest BCUT2D eigenvalue weighted by molar-refractivity contribution is 7.89. The summed E-state index contributed by atoms with van der Waals surface area (Å²) in [5.74, 6) is 0.738. The lowest BCUT2D eigenvalue weighted by molar-refractivity contribution is -0.118. The van der Waals surface area contributed by atoms with Gasteiger partial charge >= 0.3 is 0 Å². The van der Waals surface area contributed by atoms with Gasteiger partial charge in [-0.25, -0.2) is 13.1 Å². The summed E-state index contributed by atoms with van der Waals surface area (Å²) in [7, 11) is 1.78. The topological polar surface area (TPSA) is 82.9 Å². The van der Waals surface area contributed by atoms with Gasteiger partial charge in [0.05, 0.1) is 17.2 Å². The molecule has 0 bridgehead atoms. The van der Waals surface area contributed by atoms with Crippen molar-refractivity contribution >= 4 is 21.6 Å². The fraction of sp³-hybridized carbons (Fsp3) is 0.389. The number of carbonyl (C=O) groups excluding carboxylic acids is 1. The second-order valence-electron chi connectivity index (χ2n) is 6.59. The Labute approximate surface area is 153 Å². The molecule has 140 valence electrons. The molecule has 7 nitrogen and oxygen atoms in total. The van der Waals surface area contributed by atoms with Crippen molar-refractivity contribution in [2.45, 2.75) is 23.8 Å². The zero-order chi connectivity index (χ0) is 18.9. The number of benzene rings is 1. The second-order valence-corrected chi connectivity index (χ2v) is 8.36. The van der Waals surface area contributed by atoms with Crippen LogP contribution in [0.5, 0.6) is 0 Å². The van der Waals surface area contributed by atoms with Crippen molar-refractivity contribution in [3.63, 3.8) is 0 Å². The van der Waals surface area contributed by atoms with Crippen molar-refractivity contribution in [3.8, 4) is 0 Å². The second kappa shape index (κ2) is 7.22. The molecular weight excluding hydrogens is 354 g/mol. The molecule has 0 saturated carbocycles. The molecule has 0 radical (unpaired) electrons. The van der Waals surface area contributed by atoms with Crippen LogP contribution in [0.4, 0.5) is 5.69 Å². The zero-order valence-electron chi connectivity index (χ0n) is 15.1. The van der Waals surface area contributed by atoms with Crippen LogP contribution in [-0.2, 0) is 21.2 Å². The van der Waals surface area contributed by atoms with E-state index in [1.54, 1.807) is 36.4 Å². The molecule has 26 heavy (non-hydrogen) atoms. The monoisotopic (exact) mass is 377 g/mol. The van der Waals surface area contributed by atoms with Gasteiger partial charge in [-0.1, -0.05) is 0 Å². The van der Waals surface area contributed by atoms with E-state index in [0.717, 1.165) is 11.3 Å². The van der Waals surface area contributed by atoms with E-state index in [2.05, 4.69) is 4.72 Å². The summed E-state index contributed by atoms with van der Waals surface area (Å²) in [6, 6.07) is 8.27. The van der Waals surface area contributed by atoms with Crippen LogP contribution in [0.15, 0.2) is 45.9 Å². The van der Waals surface area contributed by atoms with Crippen molar-refractivity contribution in [1.29, 1.82) is 0 Å². The SMILES string of the molecule is CN1C(=O)CCc2cc(S(=O)(=O)NCC(c3ccco3)N(C)C)ccc21. The van der Waals surface area contributed by atoms with Crippen LogP contribution in [-0.4, -0.2) is 46.9 Å². The van der Waals surface area contributed by atoms with Gasteiger partial charge in [-0.2, -0.15) is 0 Å². The van der Waals surface area contributed by atoms with E-state index in [0.29, 0.717) is 18.6 Å². The van der Waals surface area contributed by atoms with Crippen LogP contribution in [0.3, 0.4) is 0 Å². The highest BCUT2D eigenvalue weighted by Gasteiger charge is 2.25. The maximum Gasteiger partial charge on any atom is 0.240 e. The molecule has 0 fully saturated rings. The minimum Gasteiger partial charge on any atom is -0.468 e. The average molecular weight is 377 g/mol. The molecule has 1 aliphatic heterocycles. The number of nitrogens with zero attached hydrogens (tertiary/aromatic N) is 2. The van der Waals surface area contributed by atoms with Crippen molar-refractivity contribution in [2.75, 3.05) is 32.6 Å².